The molecule has 9 nitrogen and oxygen atoms in total. The predicted molar refractivity (Wildman–Crippen MR) is 150 cm³/mol. The zero-order valence-electron chi connectivity index (χ0n) is 24.2. The molecule has 2 amide bonds. The van der Waals surface area contributed by atoms with E-state index in [9.17, 15) is 29.1 Å². The fourth-order valence-corrected chi connectivity index (χ4v) is 8.35. The van der Waals surface area contributed by atoms with Gasteiger partial charge in [-0.1, -0.05) is 0 Å². The molecule has 0 saturated heterocycles. The van der Waals surface area contributed by atoms with Gasteiger partial charge in [-0.15, -0.1) is 0 Å². The average molecular weight is 582 g/mol. The number of hydrogen-bond donors (Lipinski definition) is 3. The minimum atomic E-state index is -0.855. The van der Waals surface area contributed by atoms with Crippen molar-refractivity contribution in [3.63, 3.8) is 0 Å². The van der Waals surface area contributed by atoms with E-state index in [2.05, 4.69) is 16.7 Å². The SMILES string of the molecule is COc1cc(C#N)c(OC2CCC(C)(C(=O)O)CC2)cc1C(=O)N[C@@H]1[C@@H]2CC[C@@H](C2)[C@@H]1C(=O)NC1CC(F)C2CC1C2. The smallest absolute Gasteiger partial charge is 0.309 e. The Morgan fingerprint density at radius 3 is 2.31 bits per heavy atom. The minimum absolute atomic E-state index is 0.0866. The number of alkyl halides is 1. The third-order valence-corrected chi connectivity index (χ3v) is 11.1. The zero-order valence-corrected chi connectivity index (χ0v) is 24.2. The number of aliphatic carboxylic acids is 1. The molecule has 4 bridgehead atoms. The minimum Gasteiger partial charge on any atom is -0.496 e. The van der Waals surface area contributed by atoms with Crippen molar-refractivity contribution in [1.29, 1.82) is 5.26 Å². The van der Waals surface area contributed by atoms with Crippen molar-refractivity contribution >= 4 is 17.8 Å². The number of methoxy groups -OCH3 is 1. The quantitative estimate of drug-likeness (QED) is 0.414. The molecular weight excluding hydrogens is 541 g/mol. The van der Waals surface area contributed by atoms with Crippen LogP contribution in [0.1, 0.15) is 87.1 Å². The van der Waals surface area contributed by atoms with Crippen molar-refractivity contribution in [2.45, 2.75) is 95.5 Å². The number of carboxylic acids is 1. The molecule has 3 N–H and O–H groups in total. The molecule has 2 unspecified atom stereocenters. The molecule has 1 aromatic rings. The number of nitrogens with one attached hydrogen (secondary N) is 2. The van der Waals surface area contributed by atoms with Crippen LogP contribution >= 0.6 is 0 Å². The lowest BCUT2D eigenvalue weighted by Gasteiger charge is -2.49. The second-order valence-electron chi connectivity index (χ2n) is 13.6. The Bertz CT molecular complexity index is 1300. The molecular formula is C32H40FN3O6. The summed E-state index contributed by atoms with van der Waals surface area (Å²) in [7, 11) is 1.43. The number of benzene rings is 1. The van der Waals surface area contributed by atoms with Crippen LogP contribution in [-0.2, 0) is 9.59 Å². The second-order valence-corrected chi connectivity index (χ2v) is 13.6. The standard InChI is InChI=1S/C32H40FN3O6/c1-32(31(39)40)7-5-21(6-8-32)42-25-13-22(26(41-2)12-20(25)15-34)29(37)36-28-17-4-3-16(9-17)27(28)30(38)35-24-14-23(33)18-10-19(24)11-18/h12-13,16-19,21,23-24,27-28H,3-11,14H2,1-2H3,(H,35,38)(H,36,37)(H,39,40)/t16-,17+,18?,19?,21?,23?,24?,27-,28+,32?/m0/s1. The molecule has 0 aliphatic heterocycles. The molecule has 226 valence electrons. The molecule has 0 spiro atoms. The van der Waals surface area contributed by atoms with E-state index in [1.807, 2.05) is 0 Å². The highest BCUT2D eigenvalue weighted by molar-refractivity contribution is 5.98. The van der Waals surface area contributed by atoms with Crippen LogP contribution in [0.15, 0.2) is 12.1 Å². The number of ether oxygens (including phenoxy) is 2. The zero-order chi connectivity index (χ0) is 29.8. The highest BCUT2D eigenvalue weighted by Gasteiger charge is 2.53. The van der Waals surface area contributed by atoms with E-state index in [4.69, 9.17) is 9.47 Å². The number of nitrogens with zero attached hydrogens (tertiary/aromatic N) is 1. The van der Waals surface area contributed by atoms with Gasteiger partial charge in [0.05, 0.1) is 35.7 Å². The fourth-order valence-electron chi connectivity index (χ4n) is 8.35. The Labute approximate surface area is 245 Å². The van der Waals surface area contributed by atoms with Crippen molar-refractivity contribution in [2.24, 2.45) is 35.0 Å². The van der Waals surface area contributed by atoms with Gasteiger partial charge in [0.2, 0.25) is 5.91 Å². The Hall–Kier alpha value is -3.35. The molecule has 6 fully saturated rings. The van der Waals surface area contributed by atoms with Crippen LogP contribution in [0.2, 0.25) is 0 Å². The molecule has 0 radical (unpaired) electrons. The number of hydrogen-bond acceptors (Lipinski definition) is 6. The van der Waals surface area contributed by atoms with Crippen LogP contribution < -0.4 is 20.1 Å². The van der Waals surface area contributed by atoms with Crippen LogP contribution in [0.5, 0.6) is 11.5 Å². The summed E-state index contributed by atoms with van der Waals surface area (Å²) >= 11 is 0. The maximum absolute atomic E-state index is 14.4. The number of nitriles is 1. The molecule has 10 heteroatoms. The van der Waals surface area contributed by atoms with Gasteiger partial charge < -0.3 is 25.2 Å². The van der Waals surface area contributed by atoms with Crippen LogP contribution in [0.4, 0.5) is 4.39 Å². The molecule has 0 heterocycles. The molecule has 6 aliphatic rings. The first kappa shape index (κ1) is 28.8. The van der Waals surface area contributed by atoms with Gasteiger partial charge in [-0.3, -0.25) is 14.4 Å². The number of halogens is 1. The molecule has 6 atom stereocenters. The van der Waals surface area contributed by atoms with Crippen molar-refractivity contribution in [2.75, 3.05) is 7.11 Å². The van der Waals surface area contributed by atoms with E-state index in [0.29, 0.717) is 38.0 Å². The van der Waals surface area contributed by atoms with Crippen LogP contribution in [0.25, 0.3) is 0 Å². The summed E-state index contributed by atoms with van der Waals surface area (Å²) in [5, 5.41) is 25.6. The van der Waals surface area contributed by atoms with Crippen LogP contribution in [0, 0.1) is 46.3 Å². The van der Waals surface area contributed by atoms with E-state index in [0.717, 1.165) is 32.1 Å². The summed E-state index contributed by atoms with van der Waals surface area (Å²) in [4.78, 5) is 38.9. The molecule has 6 saturated carbocycles. The lowest BCUT2D eigenvalue weighted by Crippen LogP contribution is -2.57. The van der Waals surface area contributed by atoms with E-state index in [1.54, 1.807) is 6.92 Å². The van der Waals surface area contributed by atoms with E-state index < -0.39 is 23.5 Å². The number of carbonyl (C=O) groups excluding carboxylic acids is 2. The lowest BCUT2D eigenvalue weighted by molar-refractivity contribution is -0.150. The van der Waals surface area contributed by atoms with Crippen molar-refractivity contribution in [1.82, 2.24) is 10.6 Å². The van der Waals surface area contributed by atoms with Gasteiger partial charge in [0, 0.05) is 18.2 Å². The summed E-state index contributed by atoms with van der Waals surface area (Å²) in [6, 6.07) is 4.65. The number of carboxylic acid groups (broad SMARTS) is 1. The van der Waals surface area contributed by atoms with E-state index in [-0.39, 0.29) is 70.4 Å². The molecule has 6 aliphatic carbocycles. The number of fused-ring (bicyclic) bond motifs is 4. The highest BCUT2D eigenvalue weighted by Crippen LogP contribution is 2.50. The largest absolute Gasteiger partial charge is 0.496 e. The van der Waals surface area contributed by atoms with Crippen molar-refractivity contribution in [3.8, 4) is 17.6 Å². The maximum atomic E-state index is 14.4. The highest BCUT2D eigenvalue weighted by atomic mass is 19.1. The molecule has 1 aromatic carbocycles. The normalized spacial score (nSPS) is 38.1. The summed E-state index contributed by atoms with van der Waals surface area (Å²) in [5.74, 6) is -0.315. The average Bonchev–Trinajstić information content (AvgIpc) is 3.55. The Kier molecular flexibility index (Phi) is 7.57. The first-order valence-corrected chi connectivity index (χ1v) is 15.4. The molecule has 0 aromatic heterocycles. The van der Waals surface area contributed by atoms with Crippen LogP contribution in [-0.4, -0.2) is 54.4 Å². The van der Waals surface area contributed by atoms with Crippen molar-refractivity contribution in [3.05, 3.63) is 23.3 Å². The van der Waals surface area contributed by atoms with Gasteiger partial charge in [-0.05, 0) is 101 Å². The fraction of sp³-hybridized carbons (Fsp3) is 0.688. The van der Waals surface area contributed by atoms with Crippen LogP contribution in [0.3, 0.4) is 0 Å². The topological polar surface area (TPSA) is 138 Å². The van der Waals surface area contributed by atoms with E-state index in [1.165, 1.54) is 19.2 Å². The van der Waals surface area contributed by atoms with Gasteiger partial charge in [-0.2, -0.15) is 5.26 Å². The summed E-state index contributed by atoms with van der Waals surface area (Å²) < 4.78 is 26.0. The van der Waals surface area contributed by atoms with Gasteiger partial charge in [0.25, 0.3) is 5.91 Å². The summed E-state index contributed by atoms with van der Waals surface area (Å²) in [5.41, 5.74) is -0.353. The summed E-state index contributed by atoms with van der Waals surface area (Å²) in [6.07, 6.45) is 5.64. The first-order chi connectivity index (χ1) is 20.1. The van der Waals surface area contributed by atoms with Gasteiger partial charge in [-0.25, -0.2) is 4.39 Å². The second kappa shape index (κ2) is 11.1. The predicted octanol–water partition coefficient (Wildman–Crippen LogP) is 4.38. The molecule has 7 rings (SSSR count). The maximum Gasteiger partial charge on any atom is 0.309 e. The number of carbonyl (C=O) groups is 3. The van der Waals surface area contributed by atoms with Gasteiger partial charge in [0.15, 0.2) is 0 Å². The monoisotopic (exact) mass is 581 g/mol. The Morgan fingerprint density at radius 1 is 0.976 bits per heavy atom. The van der Waals surface area contributed by atoms with E-state index >= 15 is 0 Å². The Balaban J connectivity index is 1.17. The van der Waals surface area contributed by atoms with Gasteiger partial charge >= 0.3 is 5.97 Å². The first-order valence-electron chi connectivity index (χ1n) is 15.4. The van der Waals surface area contributed by atoms with Gasteiger partial charge in [0.1, 0.15) is 23.7 Å². The molecule has 42 heavy (non-hydrogen) atoms. The third kappa shape index (κ3) is 5.09. The number of amides is 2. The lowest BCUT2D eigenvalue weighted by atomic mass is 9.61. The Morgan fingerprint density at radius 2 is 1.67 bits per heavy atom. The van der Waals surface area contributed by atoms with Crippen molar-refractivity contribution < 1.29 is 33.4 Å². The third-order valence-electron chi connectivity index (χ3n) is 11.1. The summed E-state index contributed by atoms with van der Waals surface area (Å²) in [6.45, 7) is 1.74. The number of rotatable bonds is 8.